The number of fused-ring (bicyclic) bond motifs is 2. The second-order valence-corrected chi connectivity index (χ2v) is 10.6. The zero-order valence-corrected chi connectivity index (χ0v) is 19.8. The number of imide groups is 1. The van der Waals surface area contributed by atoms with E-state index < -0.39 is 0 Å². The highest BCUT2D eigenvalue weighted by molar-refractivity contribution is 7.19. The first-order valence-electron chi connectivity index (χ1n) is 11.6. The molecule has 0 spiro atoms. The molecule has 3 aliphatic heterocycles. The molecule has 0 saturated carbocycles. The standard InChI is InChI=1S/C25H25ClN4O2S/c26-16-10-15-2-1-9-29(17-5-7-27-13-17)24(15)20(11-16)19-6-8-28-21-12-18(33-25(19)21)14-30-22(31)3-4-23(30)32/h6,8,10-12,17,27H,1-5,7,9,13-14H2/t17-/m1/s1. The lowest BCUT2D eigenvalue weighted by atomic mass is 9.92. The van der Waals surface area contributed by atoms with E-state index in [0.717, 1.165) is 70.1 Å². The van der Waals surface area contributed by atoms with Crippen molar-refractivity contribution >= 4 is 50.7 Å². The number of nitrogens with zero attached hydrogens (tertiary/aromatic N) is 3. The van der Waals surface area contributed by atoms with E-state index in [1.54, 1.807) is 11.3 Å². The van der Waals surface area contributed by atoms with Crippen LogP contribution in [-0.4, -0.2) is 47.4 Å². The molecular formula is C25H25ClN4O2S. The Morgan fingerprint density at radius 1 is 1.12 bits per heavy atom. The molecule has 170 valence electrons. The predicted octanol–water partition coefficient (Wildman–Crippen LogP) is 4.38. The van der Waals surface area contributed by atoms with Gasteiger partial charge in [-0.05, 0) is 55.6 Å². The van der Waals surface area contributed by atoms with Crippen LogP contribution in [0.1, 0.15) is 36.1 Å². The van der Waals surface area contributed by atoms with Crippen molar-refractivity contribution in [3.05, 3.63) is 45.9 Å². The van der Waals surface area contributed by atoms with Crippen molar-refractivity contribution in [1.29, 1.82) is 0 Å². The van der Waals surface area contributed by atoms with Gasteiger partial charge in [0.15, 0.2) is 0 Å². The summed E-state index contributed by atoms with van der Waals surface area (Å²) < 4.78 is 1.08. The SMILES string of the molecule is O=C1CCC(=O)N1Cc1cc2nccc(-c3cc(Cl)cc4c3N([C@@H]3CCNC3)CCC4)c2s1. The predicted molar refractivity (Wildman–Crippen MR) is 132 cm³/mol. The summed E-state index contributed by atoms with van der Waals surface area (Å²) in [4.78, 5) is 33.8. The van der Waals surface area contributed by atoms with Gasteiger partial charge >= 0.3 is 0 Å². The van der Waals surface area contributed by atoms with Crippen LogP contribution in [0.25, 0.3) is 21.3 Å². The third kappa shape index (κ3) is 3.72. The van der Waals surface area contributed by atoms with Crippen LogP contribution < -0.4 is 10.2 Å². The minimum absolute atomic E-state index is 0.0876. The van der Waals surface area contributed by atoms with Crippen molar-refractivity contribution in [2.75, 3.05) is 24.5 Å². The largest absolute Gasteiger partial charge is 0.366 e. The smallest absolute Gasteiger partial charge is 0.230 e. The number of carbonyl (C=O) groups is 2. The van der Waals surface area contributed by atoms with Gasteiger partial charge < -0.3 is 10.2 Å². The number of amides is 2. The Balaban J connectivity index is 1.46. The molecule has 1 atom stereocenters. The van der Waals surface area contributed by atoms with Gasteiger partial charge in [-0.15, -0.1) is 11.3 Å². The second kappa shape index (κ2) is 8.38. The third-order valence-electron chi connectivity index (χ3n) is 6.98. The first-order valence-corrected chi connectivity index (χ1v) is 12.8. The molecule has 33 heavy (non-hydrogen) atoms. The van der Waals surface area contributed by atoms with Gasteiger partial charge in [-0.1, -0.05) is 11.6 Å². The number of nitrogens with one attached hydrogen (secondary N) is 1. The van der Waals surface area contributed by atoms with Gasteiger partial charge in [-0.25, -0.2) is 0 Å². The second-order valence-electron chi connectivity index (χ2n) is 9.06. The van der Waals surface area contributed by atoms with Crippen LogP contribution in [0.2, 0.25) is 5.02 Å². The minimum Gasteiger partial charge on any atom is -0.366 e. The highest BCUT2D eigenvalue weighted by Gasteiger charge is 2.31. The van der Waals surface area contributed by atoms with Gasteiger partial charge in [0.05, 0.1) is 16.8 Å². The van der Waals surface area contributed by atoms with Crippen molar-refractivity contribution in [2.45, 2.75) is 44.7 Å². The van der Waals surface area contributed by atoms with Crippen molar-refractivity contribution in [3.8, 4) is 11.1 Å². The van der Waals surface area contributed by atoms with E-state index in [0.29, 0.717) is 25.4 Å². The molecule has 1 N–H and O–H groups in total. The van der Waals surface area contributed by atoms with E-state index in [1.807, 2.05) is 12.3 Å². The van der Waals surface area contributed by atoms with Gasteiger partial charge in [-0.3, -0.25) is 19.5 Å². The summed E-state index contributed by atoms with van der Waals surface area (Å²) in [6.45, 7) is 3.44. The Labute approximate surface area is 201 Å². The Bertz CT molecular complexity index is 1250. The molecule has 0 radical (unpaired) electrons. The lowest BCUT2D eigenvalue weighted by Crippen LogP contribution is -2.40. The van der Waals surface area contributed by atoms with Crippen molar-refractivity contribution in [2.24, 2.45) is 0 Å². The molecule has 2 amide bonds. The molecule has 0 bridgehead atoms. The minimum atomic E-state index is -0.0876. The Kier molecular flexibility index (Phi) is 5.35. The number of hydrogen-bond acceptors (Lipinski definition) is 6. The third-order valence-corrected chi connectivity index (χ3v) is 8.34. The number of aryl methyl sites for hydroxylation is 1. The maximum atomic E-state index is 12.1. The van der Waals surface area contributed by atoms with E-state index in [2.05, 4.69) is 33.4 Å². The maximum absolute atomic E-state index is 12.1. The highest BCUT2D eigenvalue weighted by Crippen LogP contribution is 2.44. The Morgan fingerprint density at radius 2 is 1.97 bits per heavy atom. The summed E-state index contributed by atoms with van der Waals surface area (Å²) in [5.74, 6) is -0.175. The summed E-state index contributed by atoms with van der Waals surface area (Å²) in [7, 11) is 0. The number of halogens is 1. The number of anilines is 1. The molecule has 2 fully saturated rings. The number of rotatable bonds is 4. The van der Waals surface area contributed by atoms with Crippen LogP contribution in [0.15, 0.2) is 30.5 Å². The topological polar surface area (TPSA) is 65.5 Å². The summed E-state index contributed by atoms with van der Waals surface area (Å²) in [5.41, 5.74) is 5.77. The lowest BCUT2D eigenvalue weighted by Gasteiger charge is -2.38. The normalized spacial score (nSPS) is 20.8. The fourth-order valence-corrected chi connectivity index (χ4v) is 6.82. The number of hydrogen-bond donors (Lipinski definition) is 1. The van der Waals surface area contributed by atoms with Gasteiger partial charge in [-0.2, -0.15) is 0 Å². The van der Waals surface area contributed by atoms with E-state index in [4.69, 9.17) is 11.6 Å². The summed E-state index contributed by atoms with van der Waals surface area (Å²) in [6, 6.07) is 8.78. The quantitative estimate of drug-likeness (QED) is 0.561. The number of benzene rings is 1. The van der Waals surface area contributed by atoms with Crippen LogP contribution in [0, 0.1) is 0 Å². The zero-order chi connectivity index (χ0) is 22.5. The van der Waals surface area contributed by atoms with Crippen LogP contribution >= 0.6 is 22.9 Å². The van der Waals surface area contributed by atoms with Crippen molar-refractivity contribution < 1.29 is 9.59 Å². The van der Waals surface area contributed by atoms with E-state index in [-0.39, 0.29) is 11.8 Å². The van der Waals surface area contributed by atoms with Gasteiger partial charge in [0.2, 0.25) is 11.8 Å². The van der Waals surface area contributed by atoms with Crippen LogP contribution in [0.3, 0.4) is 0 Å². The van der Waals surface area contributed by atoms with E-state index in [9.17, 15) is 9.59 Å². The highest BCUT2D eigenvalue weighted by atomic mass is 35.5. The van der Waals surface area contributed by atoms with Crippen molar-refractivity contribution in [3.63, 3.8) is 0 Å². The first kappa shape index (κ1) is 21.1. The molecule has 1 aromatic carbocycles. The van der Waals surface area contributed by atoms with Gasteiger partial charge in [0, 0.05) is 64.9 Å². The van der Waals surface area contributed by atoms with Crippen LogP contribution in [-0.2, 0) is 22.6 Å². The first-order chi connectivity index (χ1) is 16.1. The number of thiophene rings is 1. The van der Waals surface area contributed by atoms with E-state index >= 15 is 0 Å². The number of likely N-dealkylation sites (tertiary alicyclic amines) is 1. The average molecular weight is 481 g/mol. The molecule has 2 saturated heterocycles. The van der Waals surface area contributed by atoms with Crippen LogP contribution in [0.5, 0.6) is 0 Å². The molecule has 0 aliphatic carbocycles. The number of carbonyl (C=O) groups excluding carboxylic acids is 2. The monoisotopic (exact) mass is 480 g/mol. The molecule has 8 heteroatoms. The average Bonchev–Trinajstić information content (AvgIpc) is 3.55. The Morgan fingerprint density at radius 3 is 2.76 bits per heavy atom. The van der Waals surface area contributed by atoms with Gasteiger partial charge in [0.25, 0.3) is 0 Å². The zero-order valence-electron chi connectivity index (χ0n) is 18.3. The molecule has 6 rings (SSSR count). The van der Waals surface area contributed by atoms with Crippen LogP contribution in [0.4, 0.5) is 5.69 Å². The summed E-state index contributed by atoms with van der Waals surface area (Å²) in [5, 5.41) is 4.26. The Hall–Kier alpha value is -2.48. The maximum Gasteiger partial charge on any atom is 0.230 e. The molecule has 5 heterocycles. The molecule has 2 aromatic heterocycles. The van der Waals surface area contributed by atoms with Gasteiger partial charge in [0.1, 0.15) is 0 Å². The fourth-order valence-electron chi connectivity index (χ4n) is 5.45. The molecular weight excluding hydrogens is 456 g/mol. The van der Waals surface area contributed by atoms with E-state index in [1.165, 1.54) is 16.2 Å². The molecule has 3 aliphatic rings. The fraction of sp³-hybridized carbons (Fsp3) is 0.400. The summed E-state index contributed by atoms with van der Waals surface area (Å²) >= 11 is 8.23. The molecule has 6 nitrogen and oxygen atoms in total. The number of aromatic nitrogens is 1. The lowest BCUT2D eigenvalue weighted by molar-refractivity contribution is -0.138. The number of pyridine rings is 1. The molecule has 0 unspecified atom stereocenters. The summed E-state index contributed by atoms with van der Waals surface area (Å²) in [6.07, 6.45) is 5.78. The molecule has 3 aromatic rings. The van der Waals surface area contributed by atoms with Crippen molar-refractivity contribution in [1.82, 2.24) is 15.2 Å².